The summed E-state index contributed by atoms with van der Waals surface area (Å²) in [5.41, 5.74) is 7.49. The van der Waals surface area contributed by atoms with E-state index in [0.29, 0.717) is 24.2 Å². The van der Waals surface area contributed by atoms with Gasteiger partial charge in [-0.3, -0.25) is 9.59 Å². The number of carbonyl (C=O) groups excluding carboxylic acids is 2. The van der Waals surface area contributed by atoms with Crippen LogP contribution in [0.15, 0.2) is 30.4 Å². The quantitative estimate of drug-likeness (QED) is 0.648. The lowest BCUT2D eigenvalue weighted by molar-refractivity contribution is -0.144. The van der Waals surface area contributed by atoms with Gasteiger partial charge in [-0.15, -0.1) is 0 Å². The molecule has 0 aromatic heterocycles. The van der Waals surface area contributed by atoms with E-state index in [1.54, 1.807) is 6.07 Å². The normalized spacial score (nSPS) is 26.3. The summed E-state index contributed by atoms with van der Waals surface area (Å²) in [5, 5.41) is 0. The Balaban J connectivity index is 0.000000637. The SMILES string of the molecule is C1CC1.COC(=O)C(C)Cc1ccc2c(c1)OC(C1C=CC(N)C1)CC2=O. The van der Waals surface area contributed by atoms with Crippen LogP contribution in [0.2, 0.25) is 0 Å². The highest BCUT2D eigenvalue weighted by Crippen LogP contribution is 2.34. The highest BCUT2D eigenvalue weighted by Gasteiger charge is 2.33. The summed E-state index contributed by atoms with van der Waals surface area (Å²) in [6.07, 6.45) is 10.1. The lowest BCUT2D eigenvalue weighted by Gasteiger charge is -2.29. The lowest BCUT2D eigenvalue weighted by Crippen LogP contribution is -2.33. The number of hydrogen-bond acceptors (Lipinski definition) is 5. The smallest absolute Gasteiger partial charge is 0.308 e. The molecule has 146 valence electrons. The van der Waals surface area contributed by atoms with Crippen molar-refractivity contribution in [2.24, 2.45) is 17.6 Å². The van der Waals surface area contributed by atoms with Gasteiger partial charge in [-0.1, -0.05) is 44.4 Å². The van der Waals surface area contributed by atoms with E-state index in [1.807, 2.05) is 25.1 Å². The van der Waals surface area contributed by atoms with Crippen molar-refractivity contribution in [1.82, 2.24) is 0 Å². The number of esters is 1. The number of rotatable bonds is 4. The Kier molecular flexibility index (Phi) is 6.32. The van der Waals surface area contributed by atoms with Crippen LogP contribution in [0.3, 0.4) is 0 Å². The molecule has 1 aromatic rings. The zero-order valence-electron chi connectivity index (χ0n) is 16.1. The van der Waals surface area contributed by atoms with E-state index in [0.717, 1.165) is 12.0 Å². The number of nitrogens with two attached hydrogens (primary N) is 1. The van der Waals surface area contributed by atoms with Gasteiger partial charge in [0.05, 0.1) is 18.6 Å². The summed E-state index contributed by atoms with van der Waals surface area (Å²) < 4.78 is 10.9. The molecule has 27 heavy (non-hydrogen) atoms. The van der Waals surface area contributed by atoms with Crippen molar-refractivity contribution >= 4 is 11.8 Å². The molecule has 1 aromatic carbocycles. The van der Waals surface area contributed by atoms with Crippen molar-refractivity contribution in [3.05, 3.63) is 41.5 Å². The fourth-order valence-corrected chi connectivity index (χ4v) is 3.43. The molecule has 0 bridgehead atoms. The standard InChI is InChI=1S/C19H23NO4.C3H6/c1-11(19(22)23-2)7-12-3-6-15-16(21)10-17(24-18(15)8-12)13-4-5-14(20)9-13;1-2-3-1/h3-6,8,11,13-14,17H,7,9-10,20H2,1-2H3;1-3H2. The number of Topliss-reactive ketones (excluding diaryl/α,β-unsaturated/α-hetero) is 1. The van der Waals surface area contributed by atoms with E-state index in [-0.39, 0.29) is 35.7 Å². The fraction of sp³-hybridized carbons (Fsp3) is 0.545. The number of carbonyl (C=O) groups is 2. The number of ether oxygens (including phenoxy) is 2. The number of fused-ring (bicyclic) bond motifs is 1. The van der Waals surface area contributed by atoms with Gasteiger partial charge < -0.3 is 15.2 Å². The second-order valence-corrected chi connectivity index (χ2v) is 7.75. The maximum atomic E-state index is 12.4. The van der Waals surface area contributed by atoms with Crippen molar-refractivity contribution in [1.29, 1.82) is 0 Å². The summed E-state index contributed by atoms with van der Waals surface area (Å²) in [6, 6.07) is 5.59. The molecule has 4 unspecified atom stereocenters. The van der Waals surface area contributed by atoms with Crippen LogP contribution in [0, 0.1) is 11.8 Å². The van der Waals surface area contributed by atoms with Crippen LogP contribution in [0.25, 0.3) is 0 Å². The molecule has 4 atom stereocenters. The Bertz CT molecular complexity index is 722. The number of ketones is 1. The molecular weight excluding hydrogens is 342 g/mol. The molecule has 3 aliphatic rings. The van der Waals surface area contributed by atoms with Gasteiger partial charge in [0, 0.05) is 18.4 Å². The Morgan fingerprint density at radius 2 is 2.04 bits per heavy atom. The van der Waals surface area contributed by atoms with E-state index in [1.165, 1.54) is 26.4 Å². The third kappa shape index (κ3) is 5.19. The molecule has 5 heteroatoms. The van der Waals surface area contributed by atoms with Crippen molar-refractivity contribution in [2.45, 2.75) is 57.6 Å². The summed E-state index contributed by atoms with van der Waals surface area (Å²) in [7, 11) is 1.39. The molecule has 1 aliphatic heterocycles. The third-order valence-electron chi connectivity index (χ3n) is 5.14. The number of hydrogen-bond donors (Lipinski definition) is 1. The molecule has 2 N–H and O–H groups in total. The van der Waals surface area contributed by atoms with Crippen LogP contribution in [-0.2, 0) is 16.0 Å². The van der Waals surface area contributed by atoms with Crippen LogP contribution >= 0.6 is 0 Å². The first-order chi connectivity index (χ1) is 13.0. The monoisotopic (exact) mass is 371 g/mol. The van der Waals surface area contributed by atoms with Gasteiger partial charge in [-0.05, 0) is 30.5 Å². The van der Waals surface area contributed by atoms with Crippen LogP contribution in [-0.4, -0.2) is 31.0 Å². The van der Waals surface area contributed by atoms with Crippen LogP contribution < -0.4 is 10.5 Å². The molecular formula is C22H29NO4. The summed E-state index contributed by atoms with van der Waals surface area (Å²) in [4.78, 5) is 24.0. The van der Waals surface area contributed by atoms with E-state index in [9.17, 15) is 9.59 Å². The maximum Gasteiger partial charge on any atom is 0.308 e. The molecule has 1 heterocycles. The molecule has 0 amide bonds. The van der Waals surface area contributed by atoms with Crippen molar-refractivity contribution in [3.8, 4) is 5.75 Å². The number of methoxy groups -OCH3 is 1. The van der Waals surface area contributed by atoms with Gasteiger partial charge in [0.25, 0.3) is 0 Å². The van der Waals surface area contributed by atoms with Crippen LogP contribution in [0.5, 0.6) is 5.75 Å². The lowest BCUT2D eigenvalue weighted by atomic mass is 9.90. The van der Waals surface area contributed by atoms with Gasteiger partial charge in [0.15, 0.2) is 5.78 Å². The minimum Gasteiger partial charge on any atom is -0.489 e. The highest BCUT2D eigenvalue weighted by atomic mass is 16.5. The van der Waals surface area contributed by atoms with Gasteiger partial charge in [0.2, 0.25) is 0 Å². The van der Waals surface area contributed by atoms with Crippen LogP contribution in [0.4, 0.5) is 0 Å². The van der Waals surface area contributed by atoms with Gasteiger partial charge >= 0.3 is 5.97 Å². The van der Waals surface area contributed by atoms with Gasteiger partial charge in [-0.2, -0.15) is 0 Å². The predicted molar refractivity (Wildman–Crippen MR) is 104 cm³/mol. The molecule has 5 nitrogen and oxygen atoms in total. The van der Waals surface area contributed by atoms with Crippen molar-refractivity contribution in [2.75, 3.05) is 7.11 Å². The first-order valence-corrected chi connectivity index (χ1v) is 9.82. The van der Waals surface area contributed by atoms with Crippen LogP contribution in [0.1, 0.15) is 54.9 Å². The molecule has 0 saturated heterocycles. The Morgan fingerprint density at radius 1 is 1.30 bits per heavy atom. The molecule has 0 radical (unpaired) electrons. The average molecular weight is 371 g/mol. The zero-order chi connectivity index (χ0) is 19.4. The molecule has 2 aliphatic carbocycles. The molecule has 0 spiro atoms. The minimum absolute atomic E-state index is 0.0438. The average Bonchev–Trinajstić information content (AvgIpc) is 3.48. The second-order valence-electron chi connectivity index (χ2n) is 7.75. The Hall–Kier alpha value is -2.14. The van der Waals surface area contributed by atoms with E-state index < -0.39 is 0 Å². The predicted octanol–water partition coefficient (Wildman–Crippen LogP) is 3.45. The van der Waals surface area contributed by atoms with E-state index in [2.05, 4.69) is 6.08 Å². The molecule has 1 saturated carbocycles. The first kappa shape index (κ1) is 19.6. The summed E-state index contributed by atoms with van der Waals surface area (Å²) in [5.74, 6) is 0.406. The largest absolute Gasteiger partial charge is 0.489 e. The van der Waals surface area contributed by atoms with Crippen molar-refractivity contribution in [3.63, 3.8) is 0 Å². The maximum absolute atomic E-state index is 12.4. The fourth-order valence-electron chi connectivity index (χ4n) is 3.43. The minimum atomic E-state index is -0.243. The highest BCUT2D eigenvalue weighted by molar-refractivity contribution is 6.00. The summed E-state index contributed by atoms with van der Waals surface area (Å²) >= 11 is 0. The second kappa shape index (κ2) is 8.70. The summed E-state index contributed by atoms with van der Waals surface area (Å²) in [6.45, 7) is 1.82. The van der Waals surface area contributed by atoms with Gasteiger partial charge in [0.1, 0.15) is 11.9 Å². The van der Waals surface area contributed by atoms with Gasteiger partial charge in [-0.25, -0.2) is 0 Å². The Morgan fingerprint density at radius 3 is 2.63 bits per heavy atom. The molecule has 1 fully saturated rings. The van der Waals surface area contributed by atoms with E-state index >= 15 is 0 Å². The third-order valence-corrected chi connectivity index (χ3v) is 5.14. The molecule has 4 rings (SSSR count). The Labute approximate surface area is 160 Å². The zero-order valence-corrected chi connectivity index (χ0v) is 16.1. The first-order valence-electron chi connectivity index (χ1n) is 9.82. The number of benzene rings is 1. The van der Waals surface area contributed by atoms with Crippen molar-refractivity contribution < 1.29 is 19.1 Å². The topological polar surface area (TPSA) is 78.6 Å². The van der Waals surface area contributed by atoms with E-state index in [4.69, 9.17) is 15.2 Å².